The maximum absolute atomic E-state index is 13.1. The Bertz CT molecular complexity index is 654. The van der Waals surface area contributed by atoms with Gasteiger partial charge in [0.2, 0.25) is 0 Å². The third kappa shape index (κ3) is 3.68. The molecule has 0 saturated carbocycles. The van der Waals surface area contributed by atoms with Gasteiger partial charge in [0, 0.05) is 23.1 Å². The van der Waals surface area contributed by atoms with Crippen LogP contribution in [0.25, 0.3) is 0 Å². The number of anilines is 3. The molecular weight excluding hydrogens is 278 g/mol. The first-order valence-corrected chi connectivity index (χ1v) is 6.29. The van der Waals surface area contributed by atoms with Crippen LogP contribution in [0.15, 0.2) is 36.4 Å². The molecule has 0 radical (unpaired) electrons. The molecule has 0 heterocycles. The normalized spacial score (nSPS) is 10.2. The van der Waals surface area contributed by atoms with E-state index in [0.717, 1.165) is 18.2 Å². The summed E-state index contributed by atoms with van der Waals surface area (Å²) in [4.78, 5) is 11.7. The van der Waals surface area contributed by atoms with Gasteiger partial charge in [0.1, 0.15) is 11.6 Å². The van der Waals surface area contributed by atoms with Crippen LogP contribution in [0, 0.1) is 11.6 Å². The number of esters is 1. The van der Waals surface area contributed by atoms with Crippen molar-refractivity contribution in [2.45, 2.75) is 6.92 Å². The molecule has 0 aromatic heterocycles. The molecule has 2 rings (SSSR count). The van der Waals surface area contributed by atoms with E-state index in [2.05, 4.69) is 5.32 Å². The van der Waals surface area contributed by atoms with Crippen LogP contribution >= 0.6 is 0 Å². The summed E-state index contributed by atoms with van der Waals surface area (Å²) in [6.07, 6.45) is 0. The molecule has 0 amide bonds. The molecule has 0 spiro atoms. The van der Waals surface area contributed by atoms with Gasteiger partial charge < -0.3 is 15.8 Å². The number of hydrogen-bond acceptors (Lipinski definition) is 4. The number of halogens is 2. The number of hydrogen-bond donors (Lipinski definition) is 2. The van der Waals surface area contributed by atoms with E-state index >= 15 is 0 Å². The van der Waals surface area contributed by atoms with Crippen molar-refractivity contribution < 1.29 is 18.3 Å². The Morgan fingerprint density at radius 1 is 1.14 bits per heavy atom. The largest absolute Gasteiger partial charge is 0.462 e. The summed E-state index contributed by atoms with van der Waals surface area (Å²) in [5.74, 6) is -1.94. The summed E-state index contributed by atoms with van der Waals surface area (Å²) in [6.45, 7) is 1.91. The summed E-state index contributed by atoms with van der Waals surface area (Å²) < 4.78 is 31.1. The molecular formula is C15H14F2N2O2. The van der Waals surface area contributed by atoms with E-state index < -0.39 is 17.6 Å². The lowest BCUT2D eigenvalue weighted by atomic mass is 10.1. The second-order valence-corrected chi connectivity index (χ2v) is 4.31. The van der Waals surface area contributed by atoms with Crippen molar-refractivity contribution in [3.8, 4) is 0 Å². The topological polar surface area (TPSA) is 64.3 Å². The average molecular weight is 292 g/mol. The van der Waals surface area contributed by atoms with Crippen molar-refractivity contribution in [3.63, 3.8) is 0 Å². The fourth-order valence-electron chi connectivity index (χ4n) is 1.81. The molecule has 2 aromatic rings. The zero-order valence-electron chi connectivity index (χ0n) is 11.3. The molecule has 110 valence electrons. The predicted molar refractivity (Wildman–Crippen MR) is 76.5 cm³/mol. The van der Waals surface area contributed by atoms with E-state index in [9.17, 15) is 13.6 Å². The minimum absolute atomic E-state index is 0.193. The van der Waals surface area contributed by atoms with Gasteiger partial charge in [0.15, 0.2) is 0 Å². The zero-order valence-corrected chi connectivity index (χ0v) is 11.3. The Morgan fingerprint density at radius 3 is 2.43 bits per heavy atom. The highest BCUT2D eigenvalue weighted by Gasteiger charge is 2.12. The van der Waals surface area contributed by atoms with Gasteiger partial charge in [0.05, 0.1) is 12.2 Å². The predicted octanol–water partition coefficient (Wildman–Crippen LogP) is 3.47. The lowest BCUT2D eigenvalue weighted by Gasteiger charge is -2.10. The monoisotopic (exact) mass is 292 g/mol. The molecule has 0 unspecified atom stereocenters. The second kappa shape index (κ2) is 6.21. The van der Waals surface area contributed by atoms with E-state index in [0.29, 0.717) is 5.69 Å². The van der Waals surface area contributed by atoms with Crippen LogP contribution in [0.2, 0.25) is 0 Å². The van der Waals surface area contributed by atoms with Crippen LogP contribution in [0.1, 0.15) is 17.3 Å². The molecule has 0 aliphatic heterocycles. The van der Waals surface area contributed by atoms with Gasteiger partial charge in [-0.2, -0.15) is 0 Å². The number of nitrogen functional groups attached to an aromatic ring is 1. The van der Waals surface area contributed by atoms with E-state index in [1.807, 2.05) is 0 Å². The third-order valence-corrected chi connectivity index (χ3v) is 2.70. The zero-order chi connectivity index (χ0) is 15.4. The van der Waals surface area contributed by atoms with Gasteiger partial charge in [-0.25, -0.2) is 13.6 Å². The molecule has 2 aromatic carbocycles. The number of ether oxygens (including phenoxy) is 1. The molecule has 0 aliphatic carbocycles. The van der Waals surface area contributed by atoms with Crippen LogP contribution in [0.5, 0.6) is 0 Å². The molecule has 4 nitrogen and oxygen atoms in total. The third-order valence-electron chi connectivity index (χ3n) is 2.70. The minimum atomic E-state index is -0.696. The van der Waals surface area contributed by atoms with Gasteiger partial charge in [-0.15, -0.1) is 0 Å². The maximum atomic E-state index is 13.1. The van der Waals surface area contributed by atoms with Gasteiger partial charge in [-0.3, -0.25) is 0 Å². The quantitative estimate of drug-likeness (QED) is 0.669. The Labute approximate surface area is 120 Å². The Balaban J connectivity index is 2.28. The second-order valence-electron chi connectivity index (χ2n) is 4.31. The van der Waals surface area contributed by atoms with E-state index in [4.69, 9.17) is 10.5 Å². The van der Waals surface area contributed by atoms with Crippen molar-refractivity contribution in [2.24, 2.45) is 0 Å². The number of nitrogens with one attached hydrogen (secondary N) is 1. The van der Waals surface area contributed by atoms with Gasteiger partial charge in [-0.05, 0) is 37.3 Å². The summed E-state index contributed by atoms with van der Waals surface area (Å²) in [7, 11) is 0. The molecule has 0 atom stereocenters. The highest BCUT2D eigenvalue weighted by molar-refractivity contribution is 5.96. The van der Waals surface area contributed by atoms with Crippen molar-refractivity contribution in [2.75, 3.05) is 17.7 Å². The van der Waals surface area contributed by atoms with Crippen LogP contribution in [-0.4, -0.2) is 12.6 Å². The SMILES string of the molecule is CCOC(=O)c1cc(Nc2cc(F)cc(F)c2)ccc1N. The average Bonchev–Trinajstić information content (AvgIpc) is 2.40. The Hall–Kier alpha value is -2.63. The highest BCUT2D eigenvalue weighted by atomic mass is 19.1. The van der Waals surface area contributed by atoms with Crippen molar-refractivity contribution in [1.29, 1.82) is 0 Å². The minimum Gasteiger partial charge on any atom is -0.462 e. The number of carbonyl (C=O) groups is 1. The molecule has 3 N–H and O–H groups in total. The summed E-state index contributed by atoms with van der Waals surface area (Å²) in [5.41, 5.74) is 6.87. The van der Waals surface area contributed by atoms with Gasteiger partial charge in [0.25, 0.3) is 0 Å². The Morgan fingerprint density at radius 2 is 1.81 bits per heavy atom. The Kier molecular flexibility index (Phi) is 4.37. The number of rotatable bonds is 4. The summed E-state index contributed by atoms with van der Waals surface area (Å²) in [6, 6.07) is 7.65. The first-order chi connectivity index (χ1) is 9.99. The van der Waals surface area contributed by atoms with Crippen molar-refractivity contribution in [3.05, 3.63) is 53.6 Å². The van der Waals surface area contributed by atoms with Crippen LogP contribution in [0.4, 0.5) is 25.8 Å². The molecule has 0 saturated heterocycles. The fourth-order valence-corrected chi connectivity index (χ4v) is 1.81. The molecule has 0 fully saturated rings. The number of benzene rings is 2. The lowest BCUT2D eigenvalue weighted by molar-refractivity contribution is 0.0527. The maximum Gasteiger partial charge on any atom is 0.340 e. The van der Waals surface area contributed by atoms with Gasteiger partial charge in [-0.1, -0.05) is 0 Å². The molecule has 6 heteroatoms. The first-order valence-electron chi connectivity index (χ1n) is 6.29. The smallest absolute Gasteiger partial charge is 0.340 e. The van der Waals surface area contributed by atoms with Crippen LogP contribution in [-0.2, 0) is 4.74 Å². The lowest BCUT2D eigenvalue weighted by Crippen LogP contribution is -2.08. The standard InChI is InChI=1S/C15H14F2N2O2/c1-2-21-15(20)13-8-11(3-4-14(13)18)19-12-6-9(16)5-10(17)7-12/h3-8,19H,2,18H2,1H3. The first kappa shape index (κ1) is 14.8. The van der Waals surface area contributed by atoms with E-state index in [-0.39, 0.29) is 23.5 Å². The molecule has 0 bridgehead atoms. The number of nitrogens with two attached hydrogens (primary N) is 1. The molecule has 0 aliphatic rings. The van der Waals surface area contributed by atoms with Gasteiger partial charge >= 0.3 is 5.97 Å². The summed E-state index contributed by atoms with van der Waals surface area (Å²) >= 11 is 0. The van der Waals surface area contributed by atoms with E-state index in [1.54, 1.807) is 13.0 Å². The fraction of sp³-hybridized carbons (Fsp3) is 0.133. The van der Waals surface area contributed by atoms with E-state index in [1.165, 1.54) is 12.1 Å². The van der Waals surface area contributed by atoms with Crippen molar-refractivity contribution >= 4 is 23.0 Å². The summed E-state index contributed by atoms with van der Waals surface area (Å²) in [5, 5.41) is 2.81. The molecule has 21 heavy (non-hydrogen) atoms. The highest BCUT2D eigenvalue weighted by Crippen LogP contribution is 2.23. The van der Waals surface area contributed by atoms with Crippen LogP contribution in [0.3, 0.4) is 0 Å². The van der Waals surface area contributed by atoms with Crippen molar-refractivity contribution in [1.82, 2.24) is 0 Å². The van der Waals surface area contributed by atoms with Crippen LogP contribution < -0.4 is 11.1 Å². The number of carbonyl (C=O) groups excluding carboxylic acids is 1.